The second kappa shape index (κ2) is 7.06. The highest BCUT2D eigenvalue weighted by Crippen LogP contribution is 2.15. The van der Waals surface area contributed by atoms with Crippen LogP contribution in [0.2, 0.25) is 0 Å². The topological polar surface area (TPSA) is 39.1 Å². The van der Waals surface area contributed by atoms with E-state index in [2.05, 4.69) is 51.2 Å². The van der Waals surface area contributed by atoms with Crippen molar-refractivity contribution in [3.8, 4) is 0 Å². The Hall–Kier alpha value is -0.870. The summed E-state index contributed by atoms with van der Waals surface area (Å²) >= 11 is 0. The molecule has 0 aliphatic rings. The lowest BCUT2D eigenvalue weighted by Crippen LogP contribution is -2.24. The molecule has 1 heterocycles. The van der Waals surface area contributed by atoms with Gasteiger partial charge < -0.3 is 10.1 Å². The van der Waals surface area contributed by atoms with E-state index in [-0.39, 0.29) is 5.60 Å². The maximum Gasteiger partial charge on any atom is 0.0640 e. The van der Waals surface area contributed by atoms with E-state index in [1.54, 1.807) is 7.11 Å². The molecule has 4 heteroatoms. The highest BCUT2D eigenvalue weighted by Gasteiger charge is 2.16. The van der Waals surface area contributed by atoms with Gasteiger partial charge in [0, 0.05) is 32.0 Å². The number of ether oxygens (including phenoxy) is 1. The zero-order valence-corrected chi connectivity index (χ0v) is 13.3. The van der Waals surface area contributed by atoms with Crippen LogP contribution in [0.15, 0.2) is 6.20 Å². The van der Waals surface area contributed by atoms with Gasteiger partial charge in [-0.25, -0.2) is 0 Å². The number of hydrogen-bond donors (Lipinski definition) is 1. The van der Waals surface area contributed by atoms with Gasteiger partial charge in [-0.05, 0) is 39.7 Å². The van der Waals surface area contributed by atoms with E-state index in [1.165, 1.54) is 5.56 Å². The van der Waals surface area contributed by atoms with Gasteiger partial charge in [0.15, 0.2) is 0 Å². The van der Waals surface area contributed by atoms with Gasteiger partial charge in [0.1, 0.15) is 0 Å². The van der Waals surface area contributed by atoms with Crippen LogP contribution < -0.4 is 5.32 Å². The second-order valence-corrected chi connectivity index (χ2v) is 6.24. The molecule has 1 N–H and O–H groups in total. The van der Waals surface area contributed by atoms with Crippen LogP contribution in [0.25, 0.3) is 0 Å². The molecule has 0 aromatic carbocycles. The van der Waals surface area contributed by atoms with E-state index in [1.807, 2.05) is 4.68 Å². The Bertz CT molecular complexity index is 383. The molecule has 4 nitrogen and oxygen atoms in total. The summed E-state index contributed by atoms with van der Waals surface area (Å²) in [7, 11) is 1.76. The fourth-order valence-electron chi connectivity index (χ4n) is 1.83. The lowest BCUT2D eigenvalue weighted by atomic mass is 10.1. The maximum atomic E-state index is 5.43. The number of hydrogen-bond acceptors (Lipinski definition) is 3. The summed E-state index contributed by atoms with van der Waals surface area (Å²) in [6.45, 7) is 13.6. The lowest BCUT2D eigenvalue weighted by molar-refractivity contribution is 0.0113. The molecule has 0 aliphatic heterocycles. The van der Waals surface area contributed by atoms with Gasteiger partial charge in [0.25, 0.3) is 0 Å². The second-order valence-electron chi connectivity index (χ2n) is 6.24. The summed E-state index contributed by atoms with van der Waals surface area (Å²) in [4.78, 5) is 0. The molecule has 0 spiro atoms. The number of nitrogens with one attached hydrogen (secondary N) is 1. The van der Waals surface area contributed by atoms with Crippen LogP contribution >= 0.6 is 0 Å². The van der Waals surface area contributed by atoms with Gasteiger partial charge in [-0.1, -0.05) is 13.8 Å². The fourth-order valence-corrected chi connectivity index (χ4v) is 1.83. The van der Waals surface area contributed by atoms with Crippen LogP contribution in [0, 0.1) is 12.8 Å². The minimum absolute atomic E-state index is 0.0874. The lowest BCUT2D eigenvalue weighted by Gasteiger charge is -2.22. The summed E-state index contributed by atoms with van der Waals surface area (Å²) in [5.41, 5.74) is 2.32. The molecule has 110 valence electrons. The molecule has 0 saturated carbocycles. The van der Waals surface area contributed by atoms with Crippen LogP contribution in [0.1, 0.15) is 45.4 Å². The number of aromatic nitrogens is 2. The Morgan fingerprint density at radius 1 is 1.42 bits per heavy atom. The summed E-state index contributed by atoms with van der Waals surface area (Å²) in [5, 5.41) is 8.03. The monoisotopic (exact) mass is 267 g/mol. The standard InChI is InChI=1S/C15H29N3O/c1-12(2)9-16-10-14-11-18(17-13(14)3)8-7-15(4,5)19-6/h11-12,16H,7-10H2,1-6H3. The van der Waals surface area contributed by atoms with Crippen molar-refractivity contribution in [3.63, 3.8) is 0 Å². The van der Waals surface area contributed by atoms with E-state index in [0.29, 0.717) is 5.92 Å². The Balaban J connectivity index is 2.49. The molecule has 1 aromatic heterocycles. The molecule has 1 rings (SSSR count). The molecular formula is C15H29N3O. The van der Waals surface area contributed by atoms with E-state index in [4.69, 9.17) is 4.74 Å². The Morgan fingerprint density at radius 2 is 2.11 bits per heavy atom. The third-order valence-electron chi connectivity index (χ3n) is 3.41. The molecule has 0 saturated heterocycles. The minimum atomic E-state index is -0.0874. The normalized spacial score (nSPS) is 12.4. The van der Waals surface area contributed by atoms with E-state index in [9.17, 15) is 0 Å². The van der Waals surface area contributed by atoms with Crippen LogP contribution in [-0.2, 0) is 17.8 Å². The summed E-state index contributed by atoms with van der Waals surface area (Å²) < 4.78 is 7.46. The molecule has 0 fully saturated rings. The van der Waals surface area contributed by atoms with Gasteiger partial charge in [0.2, 0.25) is 0 Å². The predicted octanol–water partition coefficient (Wildman–Crippen LogP) is 2.75. The Kier molecular flexibility index (Phi) is 6.01. The van der Waals surface area contributed by atoms with Gasteiger partial charge >= 0.3 is 0 Å². The van der Waals surface area contributed by atoms with Gasteiger partial charge in [0.05, 0.1) is 11.3 Å². The highest BCUT2D eigenvalue weighted by molar-refractivity contribution is 5.15. The van der Waals surface area contributed by atoms with Crippen LogP contribution in [0.4, 0.5) is 0 Å². The van der Waals surface area contributed by atoms with Crippen LogP contribution in [0.5, 0.6) is 0 Å². The zero-order valence-electron chi connectivity index (χ0n) is 13.3. The Labute approximate surface area is 117 Å². The van der Waals surface area contributed by atoms with E-state index < -0.39 is 0 Å². The minimum Gasteiger partial charge on any atom is -0.379 e. The third kappa shape index (κ3) is 5.74. The van der Waals surface area contributed by atoms with Gasteiger partial charge in [-0.15, -0.1) is 0 Å². The van der Waals surface area contributed by atoms with E-state index >= 15 is 0 Å². The summed E-state index contributed by atoms with van der Waals surface area (Å²) in [5.74, 6) is 0.679. The molecular weight excluding hydrogens is 238 g/mol. The maximum absolute atomic E-state index is 5.43. The average molecular weight is 267 g/mol. The number of methoxy groups -OCH3 is 1. The molecule has 0 atom stereocenters. The number of rotatable bonds is 8. The van der Waals surface area contributed by atoms with Crippen LogP contribution in [0.3, 0.4) is 0 Å². The smallest absolute Gasteiger partial charge is 0.0640 e. The largest absolute Gasteiger partial charge is 0.379 e. The molecule has 0 radical (unpaired) electrons. The van der Waals surface area contributed by atoms with E-state index in [0.717, 1.165) is 31.7 Å². The SMILES string of the molecule is COC(C)(C)CCn1cc(CNCC(C)C)c(C)n1. The quantitative estimate of drug-likeness (QED) is 0.787. The molecule has 0 amide bonds. The molecule has 0 bridgehead atoms. The number of nitrogens with zero attached hydrogens (tertiary/aromatic N) is 2. The van der Waals surface area contributed by atoms with Crippen molar-refractivity contribution in [2.75, 3.05) is 13.7 Å². The first-order valence-electron chi connectivity index (χ1n) is 7.13. The van der Waals surface area contributed by atoms with Crippen molar-refractivity contribution in [2.24, 2.45) is 5.92 Å². The highest BCUT2D eigenvalue weighted by atomic mass is 16.5. The third-order valence-corrected chi connectivity index (χ3v) is 3.41. The van der Waals surface area contributed by atoms with Gasteiger partial charge in [-0.3, -0.25) is 4.68 Å². The summed E-state index contributed by atoms with van der Waals surface area (Å²) in [6, 6.07) is 0. The van der Waals surface area contributed by atoms with Crippen molar-refractivity contribution in [1.82, 2.24) is 15.1 Å². The molecule has 0 unspecified atom stereocenters. The fraction of sp³-hybridized carbons (Fsp3) is 0.800. The molecule has 1 aromatic rings. The summed E-state index contributed by atoms with van der Waals surface area (Å²) in [6.07, 6.45) is 3.11. The van der Waals surface area contributed by atoms with Crippen molar-refractivity contribution < 1.29 is 4.74 Å². The first kappa shape index (κ1) is 16.2. The molecule has 0 aliphatic carbocycles. The van der Waals surface area contributed by atoms with Crippen LogP contribution in [-0.4, -0.2) is 29.0 Å². The zero-order chi connectivity index (χ0) is 14.5. The van der Waals surface area contributed by atoms with Crippen molar-refractivity contribution >= 4 is 0 Å². The first-order chi connectivity index (χ1) is 8.84. The molecule has 19 heavy (non-hydrogen) atoms. The Morgan fingerprint density at radius 3 is 2.68 bits per heavy atom. The van der Waals surface area contributed by atoms with Gasteiger partial charge in [-0.2, -0.15) is 5.10 Å². The van der Waals surface area contributed by atoms with Crippen molar-refractivity contribution in [2.45, 2.75) is 59.7 Å². The average Bonchev–Trinajstić information content (AvgIpc) is 2.68. The predicted molar refractivity (Wildman–Crippen MR) is 79.2 cm³/mol. The first-order valence-corrected chi connectivity index (χ1v) is 7.13. The van der Waals surface area contributed by atoms with Crippen molar-refractivity contribution in [1.29, 1.82) is 0 Å². The van der Waals surface area contributed by atoms with Crippen molar-refractivity contribution in [3.05, 3.63) is 17.5 Å². The number of aryl methyl sites for hydroxylation is 2.